The van der Waals surface area contributed by atoms with Gasteiger partial charge in [-0.25, -0.2) is 0 Å². The maximum Gasteiger partial charge on any atom is 0.237 e. The van der Waals surface area contributed by atoms with Crippen molar-refractivity contribution in [2.75, 3.05) is 26.2 Å². The molecular weight excluding hydrogens is 280 g/mol. The molecule has 2 rings (SSSR count). The Balaban J connectivity index is 1.69. The highest BCUT2D eigenvalue weighted by Crippen LogP contribution is 2.08. The molecule has 0 aliphatic carbocycles. The molecule has 0 bridgehead atoms. The second-order valence-electron chi connectivity index (χ2n) is 5.41. The smallest absolute Gasteiger partial charge is 0.237 e. The van der Waals surface area contributed by atoms with E-state index in [-0.39, 0.29) is 24.3 Å². The molecule has 2 amide bonds. The Kier molecular flexibility index (Phi) is 6.33. The van der Waals surface area contributed by atoms with Crippen LogP contribution >= 0.6 is 0 Å². The topological polar surface area (TPSA) is 74.3 Å². The van der Waals surface area contributed by atoms with Gasteiger partial charge in [0, 0.05) is 31.5 Å². The summed E-state index contributed by atoms with van der Waals surface area (Å²) in [6.45, 7) is 4.87. The van der Waals surface area contributed by atoms with E-state index in [1.807, 2.05) is 30.0 Å². The molecule has 0 spiro atoms. The quantitative estimate of drug-likeness (QED) is 0.713. The van der Waals surface area contributed by atoms with Gasteiger partial charge in [0.1, 0.15) is 0 Å². The SMILES string of the molecule is CCN1CCNC(=O)[C@@H]1CC(=O)NCCCc1ccccn1. The molecule has 0 saturated carbocycles. The first-order chi connectivity index (χ1) is 10.7. The highest BCUT2D eigenvalue weighted by molar-refractivity contribution is 5.88. The van der Waals surface area contributed by atoms with Crippen molar-refractivity contribution >= 4 is 11.8 Å². The Labute approximate surface area is 131 Å². The standard InChI is InChI=1S/C16H24N4O2/c1-2-20-11-10-19-16(22)14(20)12-15(21)18-9-5-7-13-6-3-4-8-17-13/h3-4,6,8,14H,2,5,7,9-12H2,1H3,(H,18,21)(H,19,22)/t14-/m0/s1. The van der Waals surface area contributed by atoms with E-state index in [1.165, 1.54) is 0 Å². The van der Waals surface area contributed by atoms with Crippen molar-refractivity contribution < 1.29 is 9.59 Å². The fourth-order valence-corrected chi connectivity index (χ4v) is 2.65. The van der Waals surface area contributed by atoms with E-state index in [2.05, 4.69) is 15.6 Å². The van der Waals surface area contributed by atoms with Crippen molar-refractivity contribution in [3.8, 4) is 0 Å². The summed E-state index contributed by atoms with van der Waals surface area (Å²) in [5.41, 5.74) is 1.03. The van der Waals surface area contributed by atoms with Crippen LogP contribution in [0.2, 0.25) is 0 Å². The summed E-state index contributed by atoms with van der Waals surface area (Å²) in [6, 6.07) is 5.49. The third kappa shape index (κ3) is 4.80. The summed E-state index contributed by atoms with van der Waals surface area (Å²) in [5.74, 6) is -0.113. The Morgan fingerprint density at radius 2 is 2.36 bits per heavy atom. The molecule has 1 fully saturated rings. The first-order valence-electron chi connectivity index (χ1n) is 7.89. The van der Waals surface area contributed by atoms with Gasteiger partial charge in [-0.15, -0.1) is 0 Å². The molecule has 22 heavy (non-hydrogen) atoms. The maximum atomic E-state index is 12.0. The van der Waals surface area contributed by atoms with Crippen molar-refractivity contribution in [2.24, 2.45) is 0 Å². The first-order valence-corrected chi connectivity index (χ1v) is 7.89. The summed E-state index contributed by atoms with van der Waals surface area (Å²) in [7, 11) is 0. The van der Waals surface area contributed by atoms with Gasteiger partial charge in [-0.2, -0.15) is 0 Å². The van der Waals surface area contributed by atoms with Crippen LogP contribution in [0.25, 0.3) is 0 Å². The minimum absolute atomic E-state index is 0.0447. The number of rotatable bonds is 7. The molecule has 0 aromatic carbocycles. The summed E-state index contributed by atoms with van der Waals surface area (Å²) < 4.78 is 0. The van der Waals surface area contributed by atoms with Gasteiger partial charge >= 0.3 is 0 Å². The number of aromatic nitrogens is 1. The van der Waals surface area contributed by atoms with E-state index in [1.54, 1.807) is 6.20 Å². The molecule has 1 saturated heterocycles. The second-order valence-corrected chi connectivity index (χ2v) is 5.41. The Morgan fingerprint density at radius 3 is 3.09 bits per heavy atom. The molecule has 0 radical (unpaired) electrons. The molecule has 2 N–H and O–H groups in total. The highest BCUT2D eigenvalue weighted by Gasteiger charge is 2.30. The monoisotopic (exact) mass is 304 g/mol. The summed E-state index contributed by atoms with van der Waals surface area (Å²) in [5, 5.41) is 5.71. The van der Waals surface area contributed by atoms with Crippen LogP contribution in [-0.2, 0) is 16.0 Å². The Hall–Kier alpha value is -1.95. The Bertz CT molecular complexity index is 492. The Morgan fingerprint density at radius 1 is 1.50 bits per heavy atom. The van der Waals surface area contributed by atoms with Crippen molar-refractivity contribution in [2.45, 2.75) is 32.2 Å². The molecule has 6 nitrogen and oxygen atoms in total. The van der Waals surface area contributed by atoms with Crippen LogP contribution in [0.4, 0.5) is 0 Å². The van der Waals surface area contributed by atoms with E-state index in [4.69, 9.17) is 0 Å². The predicted octanol–water partition coefficient (Wildman–Crippen LogP) is 0.341. The molecule has 120 valence electrons. The molecule has 1 aliphatic heterocycles. The number of aryl methyl sites for hydroxylation is 1. The summed E-state index contributed by atoms with van der Waals surface area (Å²) >= 11 is 0. The van der Waals surface area contributed by atoms with E-state index >= 15 is 0 Å². The molecule has 1 atom stereocenters. The normalized spacial score (nSPS) is 18.8. The van der Waals surface area contributed by atoms with Crippen LogP contribution in [0.1, 0.15) is 25.5 Å². The fraction of sp³-hybridized carbons (Fsp3) is 0.562. The fourth-order valence-electron chi connectivity index (χ4n) is 2.65. The van der Waals surface area contributed by atoms with Gasteiger partial charge in [0.2, 0.25) is 11.8 Å². The number of carbonyl (C=O) groups excluding carboxylic acids is 2. The van der Waals surface area contributed by atoms with Gasteiger partial charge in [0.25, 0.3) is 0 Å². The highest BCUT2D eigenvalue weighted by atomic mass is 16.2. The molecule has 1 aromatic heterocycles. The average Bonchev–Trinajstić information content (AvgIpc) is 2.54. The molecule has 2 heterocycles. The number of likely N-dealkylation sites (N-methyl/N-ethyl adjacent to an activating group) is 1. The molecule has 1 aromatic rings. The van der Waals surface area contributed by atoms with Gasteiger partial charge < -0.3 is 10.6 Å². The zero-order valence-electron chi connectivity index (χ0n) is 13.0. The summed E-state index contributed by atoms with van der Waals surface area (Å²) in [4.78, 5) is 30.2. The number of pyridine rings is 1. The first kappa shape index (κ1) is 16.4. The maximum absolute atomic E-state index is 12.0. The number of carbonyl (C=O) groups is 2. The molecule has 0 unspecified atom stereocenters. The van der Waals surface area contributed by atoms with Crippen LogP contribution in [0, 0.1) is 0 Å². The molecular formula is C16H24N4O2. The second kappa shape index (κ2) is 8.48. The lowest BCUT2D eigenvalue weighted by atomic mass is 10.1. The third-order valence-corrected chi connectivity index (χ3v) is 3.88. The predicted molar refractivity (Wildman–Crippen MR) is 84.2 cm³/mol. The van der Waals surface area contributed by atoms with Gasteiger partial charge in [0.15, 0.2) is 0 Å². The minimum atomic E-state index is -0.338. The largest absolute Gasteiger partial charge is 0.356 e. The number of nitrogens with zero attached hydrogens (tertiary/aromatic N) is 2. The van der Waals surface area contributed by atoms with Crippen LogP contribution in [0.5, 0.6) is 0 Å². The van der Waals surface area contributed by atoms with E-state index in [9.17, 15) is 9.59 Å². The van der Waals surface area contributed by atoms with Crippen molar-refractivity contribution in [3.05, 3.63) is 30.1 Å². The van der Waals surface area contributed by atoms with Crippen molar-refractivity contribution in [1.29, 1.82) is 0 Å². The average molecular weight is 304 g/mol. The minimum Gasteiger partial charge on any atom is -0.356 e. The number of hydrogen-bond donors (Lipinski definition) is 2. The van der Waals surface area contributed by atoms with Crippen molar-refractivity contribution in [1.82, 2.24) is 20.5 Å². The van der Waals surface area contributed by atoms with Crippen LogP contribution < -0.4 is 10.6 Å². The van der Waals surface area contributed by atoms with E-state index in [0.717, 1.165) is 31.6 Å². The number of amides is 2. The van der Waals surface area contributed by atoms with Gasteiger partial charge in [-0.1, -0.05) is 13.0 Å². The van der Waals surface area contributed by atoms with E-state index in [0.29, 0.717) is 13.1 Å². The third-order valence-electron chi connectivity index (χ3n) is 3.88. The van der Waals surface area contributed by atoms with Crippen molar-refractivity contribution in [3.63, 3.8) is 0 Å². The number of hydrogen-bond acceptors (Lipinski definition) is 4. The zero-order chi connectivity index (χ0) is 15.8. The number of nitrogens with one attached hydrogen (secondary N) is 2. The van der Waals surface area contributed by atoms with Crippen LogP contribution in [0.15, 0.2) is 24.4 Å². The summed E-state index contributed by atoms with van der Waals surface area (Å²) in [6.07, 6.45) is 3.68. The lowest BCUT2D eigenvalue weighted by molar-refractivity contribution is -0.133. The lowest BCUT2D eigenvalue weighted by Gasteiger charge is -2.33. The lowest BCUT2D eigenvalue weighted by Crippen LogP contribution is -2.56. The van der Waals surface area contributed by atoms with Gasteiger partial charge in [0.05, 0.1) is 12.5 Å². The number of piperazine rings is 1. The zero-order valence-corrected chi connectivity index (χ0v) is 13.0. The van der Waals surface area contributed by atoms with Gasteiger partial charge in [-0.05, 0) is 31.5 Å². The van der Waals surface area contributed by atoms with Crippen LogP contribution in [0.3, 0.4) is 0 Å². The van der Waals surface area contributed by atoms with E-state index < -0.39 is 0 Å². The molecule has 1 aliphatic rings. The van der Waals surface area contributed by atoms with Gasteiger partial charge in [-0.3, -0.25) is 19.5 Å². The van der Waals surface area contributed by atoms with Crippen LogP contribution in [-0.4, -0.2) is 53.9 Å². The molecule has 6 heteroatoms.